The highest BCUT2D eigenvalue weighted by Crippen LogP contribution is 2.34. The Balaban J connectivity index is 1.52. The number of piperidine rings is 1. The Bertz CT molecular complexity index is 1050. The lowest BCUT2D eigenvalue weighted by Gasteiger charge is -2.32. The fraction of sp³-hybridized carbons (Fsp3) is 0.421. The first kappa shape index (κ1) is 19.7. The number of hydrogen-bond donors (Lipinski definition) is 0. The smallest absolute Gasteiger partial charge is 0.294 e. The van der Waals surface area contributed by atoms with Crippen molar-refractivity contribution in [2.24, 2.45) is 0 Å². The van der Waals surface area contributed by atoms with Crippen molar-refractivity contribution >= 4 is 39.1 Å². The topological polar surface area (TPSA) is 94.2 Å². The lowest BCUT2D eigenvalue weighted by atomic mass is 9.96. The fourth-order valence-corrected chi connectivity index (χ4v) is 4.03. The van der Waals surface area contributed by atoms with Gasteiger partial charge in [-0.05, 0) is 54.8 Å². The molecule has 10 heteroatoms. The van der Waals surface area contributed by atoms with E-state index in [0.717, 1.165) is 12.8 Å². The van der Waals surface area contributed by atoms with Crippen LogP contribution in [0, 0.1) is 5.82 Å². The molecule has 3 aromatic rings. The molecule has 0 atom stereocenters. The zero-order valence-electron chi connectivity index (χ0n) is 15.9. The van der Waals surface area contributed by atoms with Crippen LogP contribution in [0.25, 0.3) is 10.9 Å². The van der Waals surface area contributed by atoms with Crippen molar-refractivity contribution in [1.29, 1.82) is 0 Å². The predicted molar refractivity (Wildman–Crippen MR) is 106 cm³/mol. The second kappa shape index (κ2) is 7.66. The highest BCUT2D eigenvalue weighted by atomic mass is 79.9. The van der Waals surface area contributed by atoms with Crippen molar-refractivity contribution in [1.82, 2.24) is 20.1 Å². The van der Waals surface area contributed by atoms with Crippen molar-refractivity contribution in [3.8, 4) is 0 Å². The molecule has 1 aliphatic heterocycles. The monoisotopic (exact) mass is 463 g/mol. The summed E-state index contributed by atoms with van der Waals surface area (Å²) in [4.78, 5) is 25.9. The first-order chi connectivity index (χ1) is 13.9. The maximum absolute atomic E-state index is 13.9. The molecule has 1 aromatic carbocycles. The Hall–Kier alpha value is -2.62. The molecule has 29 heavy (non-hydrogen) atoms. The predicted octanol–water partition coefficient (Wildman–Crippen LogP) is 3.71. The van der Waals surface area contributed by atoms with Crippen LogP contribution >= 0.6 is 15.9 Å². The number of rotatable bonds is 5. The average molecular weight is 464 g/mol. The average Bonchev–Trinajstić information content (AvgIpc) is 3.19. The van der Waals surface area contributed by atoms with Gasteiger partial charge in [0.25, 0.3) is 12.4 Å². The van der Waals surface area contributed by atoms with Gasteiger partial charge in [-0.15, -0.1) is 0 Å². The number of nitrogens with zero attached hydrogens (tertiary/aromatic N) is 5. The molecule has 1 aliphatic rings. The van der Waals surface area contributed by atoms with E-state index in [2.05, 4.69) is 40.9 Å². The molecule has 2 aromatic heterocycles. The summed E-state index contributed by atoms with van der Waals surface area (Å²) in [5.74, 6) is 1.36. The maximum Gasteiger partial charge on any atom is 0.294 e. The largest absolute Gasteiger partial charge is 0.452 e. The Morgan fingerprint density at radius 2 is 2.07 bits per heavy atom. The van der Waals surface area contributed by atoms with Gasteiger partial charge in [-0.25, -0.2) is 14.4 Å². The van der Waals surface area contributed by atoms with E-state index < -0.39 is 5.60 Å². The third kappa shape index (κ3) is 3.81. The number of benzene rings is 1. The molecule has 1 fully saturated rings. The van der Waals surface area contributed by atoms with E-state index in [0.29, 0.717) is 46.6 Å². The summed E-state index contributed by atoms with van der Waals surface area (Å²) in [6, 6.07) is 2.86. The van der Waals surface area contributed by atoms with Gasteiger partial charge in [0, 0.05) is 28.9 Å². The lowest BCUT2D eigenvalue weighted by Crippen LogP contribution is -2.34. The molecule has 0 amide bonds. The zero-order chi connectivity index (χ0) is 20.6. The number of aromatic nitrogens is 4. The summed E-state index contributed by atoms with van der Waals surface area (Å²) < 4.78 is 24.8. The van der Waals surface area contributed by atoms with E-state index in [1.807, 2.05) is 0 Å². The van der Waals surface area contributed by atoms with E-state index in [1.54, 1.807) is 13.8 Å². The van der Waals surface area contributed by atoms with Gasteiger partial charge in [0.1, 0.15) is 18.0 Å². The molecule has 152 valence electrons. The normalized spacial score (nSPS) is 15.7. The van der Waals surface area contributed by atoms with Crippen LogP contribution in [0.3, 0.4) is 0 Å². The first-order valence-corrected chi connectivity index (χ1v) is 9.98. The summed E-state index contributed by atoms with van der Waals surface area (Å²) in [5.41, 5.74) is -0.288. The summed E-state index contributed by atoms with van der Waals surface area (Å²) in [6.07, 6.45) is 3.07. The molecule has 0 saturated carbocycles. The van der Waals surface area contributed by atoms with Crippen LogP contribution in [0.2, 0.25) is 0 Å². The molecule has 3 heterocycles. The number of ether oxygens (including phenoxy) is 1. The fourth-order valence-electron chi connectivity index (χ4n) is 3.50. The molecule has 8 nitrogen and oxygen atoms in total. The van der Waals surface area contributed by atoms with Gasteiger partial charge in [0.05, 0.1) is 5.52 Å². The van der Waals surface area contributed by atoms with Crippen LogP contribution in [0.4, 0.5) is 10.2 Å². The van der Waals surface area contributed by atoms with Gasteiger partial charge in [-0.1, -0.05) is 5.16 Å². The van der Waals surface area contributed by atoms with E-state index in [9.17, 15) is 9.18 Å². The molecule has 0 spiro atoms. The highest BCUT2D eigenvalue weighted by molar-refractivity contribution is 9.10. The number of hydrogen-bond acceptors (Lipinski definition) is 8. The van der Waals surface area contributed by atoms with E-state index >= 15 is 0 Å². The second-order valence-electron chi connectivity index (χ2n) is 7.42. The minimum Gasteiger partial charge on any atom is -0.452 e. The molecule has 1 saturated heterocycles. The van der Waals surface area contributed by atoms with Crippen LogP contribution < -0.4 is 4.90 Å². The van der Waals surface area contributed by atoms with Crippen LogP contribution in [0.15, 0.2) is 27.5 Å². The van der Waals surface area contributed by atoms with Crippen LogP contribution in [-0.2, 0) is 15.1 Å². The summed E-state index contributed by atoms with van der Waals surface area (Å²) in [5, 5.41) is 4.75. The van der Waals surface area contributed by atoms with Crippen LogP contribution in [0.1, 0.15) is 44.3 Å². The Kier molecular flexibility index (Phi) is 5.20. The maximum atomic E-state index is 13.9. The molecule has 0 radical (unpaired) electrons. The van der Waals surface area contributed by atoms with Crippen molar-refractivity contribution in [2.75, 3.05) is 18.0 Å². The van der Waals surface area contributed by atoms with Gasteiger partial charge >= 0.3 is 0 Å². The standard InChI is InChI=1S/C19H19BrFN5O3/c1-19(2,28-10-27)18-24-16(25-29-18)11-3-5-26(6-4-11)17-13-7-12(21)8-14(20)15(13)22-9-23-17/h7-11H,3-6H2,1-2H3. The minimum atomic E-state index is -0.967. The van der Waals surface area contributed by atoms with Gasteiger partial charge in [0.15, 0.2) is 11.4 Å². The van der Waals surface area contributed by atoms with Gasteiger partial charge in [0.2, 0.25) is 0 Å². The SMILES string of the molecule is CC(C)(OC=O)c1nc(C2CCN(c3ncnc4c(Br)cc(F)cc34)CC2)no1. The molecular formula is C19H19BrFN5O3. The molecule has 0 aliphatic carbocycles. The van der Waals surface area contributed by atoms with Crippen molar-refractivity contribution in [2.45, 2.75) is 38.2 Å². The molecule has 4 rings (SSSR count). The van der Waals surface area contributed by atoms with E-state index in [-0.39, 0.29) is 17.6 Å². The quantitative estimate of drug-likeness (QED) is 0.528. The highest BCUT2D eigenvalue weighted by Gasteiger charge is 2.32. The molecule has 0 bridgehead atoms. The third-order valence-corrected chi connectivity index (χ3v) is 5.70. The summed E-state index contributed by atoms with van der Waals surface area (Å²) in [6.45, 7) is 5.18. The van der Waals surface area contributed by atoms with E-state index in [1.165, 1.54) is 18.5 Å². The van der Waals surface area contributed by atoms with Crippen molar-refractivity contribution in [3.05, 3.63) is 40.5 Å². The second-order valence-corrected chi connectivity index (χ2v) is 8.28. The molecular weight excluding hydrogens is 445 g/mol. The number of carbonyl (C=O) groups is 1. The van der Waals surface area contributed by atoms with Gasteiger partial charge in [-0.3, -0.25) is 4.79 Å². The third-order valence-electron chi connectivity index (χ3n) is 5.10. The number of carbonyl (C=O) groups excluding carboxylic acids is 1. The minimum absolute atomic E-state index is 0.118. The molecule has 0 N–H and O–H groups in total. The Labute approximate surface area is 174 Å². The van der Waals surface area contributed by atoms with Crippen LogP contribution in [-0.4, -0.2) is 39.7 Å². The van der Waals surface area contributed by atoms with Gasteiger partial charge in [-0.2, -0.15) is 4.98 Å². The van der Waals surface area contributed by atoms with Crippen molar-refractivity contribution < 1.29 is 18.4 Å². The first-order valence-electron chi connectivity index (χ1n) is 9.19. The zero-order valence-corrected chi connectivity index (χ0v) is 17.5. The Morgan fingerprint density at radius 3 is 2.79 bits per heavy atom. The van der Waals surface area contributed by atoms with Crippen LogP contribution in [0.5, 0.6) is 0 Å². The summed E-state index contributed by atoms with van der Waals surface area (Å²) >= 11 is 3.37. The number of anilines is 1. The summed E-state index contributed by atoms with van der Waals surface area (Å²) in [7, 11) is 0. The lowest BCUT2D eigenvalue weighted by molar-refractivity contribution is -0.143. The number of halogens is 2. The Morgan fingerprint density at radius 1 is 1.31 bits per heavy atom. The molecule has 0 unspecified atom stereocenters. The van der Waals surface area contributed by atoms with Gasteiger partial charge < -0.3 is 14.2 Å². The number of fused-ring (bicyclic) bond motifs is 1. The van der Waals surface area contributed by atoms with E-state index in [4.69, 9.17) is 9.26 Å². The van der Waals surface area contributed by atoms with Crippen molar-refractivity contribution in [3.63, 3.8) is 0 Å².